The Balaban J connectivity index is 2.22. The van der Waals surface area contributed by atoms with E-state index in [4.69, 9.17) is 23.2 Å². The molecule has 0 aliphatic carbocycles. The first-order valence-corrected chi connectivity index (χ1v) is 7.44. The Morgan fingerprint density at radius 3 is 2.18 bits per heavy atom. The maximum Gasteiger partial charge on any atom is 0.258 e. The number of benzene rings is 2. The number of halogens is 2. The lowest BCUT2D eigenvalue weighted by Crippen LogP contribution is -2.22. The molecular weight excluding hydrogens is 319 g/mol. The van der Waals surface area contributed by atoms with E-state index in [2.05, 4.69) is 4.98 Å². The van der Waals surface area contributed by atoms with Crippen molar-refractivity contribution in [2.45, 2.75) is 6.92 Å². The first kappa shape index (κ1) is 14.8. The maximum atomic E-state index is 12.5. The Morgan fingerprint density at radius 2 is 1.59 bits per heavy atom. The molecule has 0 aliphatic heterocycles. The Kier molecular flexibility index (Phi) is 4.01. The highest BCUT2D eigenvalue weighted by molar-refractivity contribution is 6.37. The molecule has 0 fully saturated rings. The minimum Gasteiger partial charge on any atom is -0.269 e. The number of hydrogen-bond donors (Lipinski definition) is 0. The molecule has 0 amide bonds. The molecule has 0 aliphatic rings. The minimum atomic E-state index is -0.221. The van der Waals surface area contributed by atoms with Crippen LogP contribution in [-0.4, -0.2) is 9.55 Å². The third kappa shape index (κ3) is 2.65. The molecule has 0 atom stereocenters. The second-order valence-corrected chi connectivity index (χ2v) is 5.61. The van der Waals surface area contributed by atoms with Gasteiger partial charge < -0.3 is 0 Å². The Hall–Kier alpha value is -2.10. The lowest BCUT2D eigenvalue weighted by molar-refractivity contribution is 0.874. The largest absolute Gasteiger partial charge is 0.269 e. The highest BCUT2D eigenvalue weighted by Gasteiger charge is 2.14. The summed E-state index contributed by atoms with van der Waals surface area (Å²) in [6, 6.07) is 16.2. The fourth-order valence-corrected chi connectivity index (χ4v) is 2.90. The van der Waals surface area contributed by atoms with Gasteiger partial charge in [-0.2, -0.15) is 0 Å². The van der Waals surface area contributed by atoms with Gasteiger partial charge >= 0.3 is 0 Å². The van der Waals surface area contributed by atoms with E-state index >= 15 is 0 Å². The standard InChI is InChI=1S/C17H12Cl2N2O/c1-11-20-15(12-6-3-2-4-7-12)10-16(22)21(11)17-13(18)8-5-9-14(17)19/h2-10H,1H3. The van der Waals surface area contributed by atoms with Gasteiger partial charge in [-0.25, -0.2) is 4.98 Å². The number of rotatable bonds is 2. The third-order valence-electron chi connectivity index (χ3n) is 3.32. The van der Waals surface area contributed by atoms with Crippen molar-refractivity contribution in [2.75, 3.05) is 0 Å². The van der Waals surface area contributed by atoms with Crippen molar-refractivity contribution >= 4 is 23.2 Å². The molecule has 3 aromatic rings. The minimum absolute atomic E-state index is 0.221. The predicted molar refractivity (Wildman–Crippen MR) is 90.0 cm³/mol. The van der Waals surface area contributed by atoms with Gasteiger partial charge in [-0.3, -0.25) is 9.36 Å². The molecule has 2 aromatic carbocycles. The zero-order valence-electron chi connectivity index (χ0n) is 11.8. The van der Waals surface area contributed by atoms with Gasteiger partial charge in [-0.05, 0) is 19.1 Å². The highest BCUT2D eigenvalue weighted by Crippen LogP contribution is 2.28. The first-order valence-electron chi connectivity index (χ1n) is 6.68. The van der Waals surface area contributed by atoms with E-state index in [1.165, 1.54) is 10.6 Å². The van der Waals surface area contributed by atoms with Crippen LogP contribution < -0.4 is 5.56 Å². The zero-order valence-corrected chi connectivity index (χ0v) is 13.3. The lowest BCUT2D eigenvalue weighted by Gasteiger charge is -2.13. The summed E-state index contributed by atoms with van der Waals surface area (Å²) in [5.74, 6) is 0.529. The average molecular weight is 331 g/mol. The molecule has 0 saturated carbocycles. The maximum absolute atomic E-state index is 12.5. The van der Waals surface area contributed by atoms with Crippen LogP contribution in [0.25, 0.3) is 16.9 Å². The van der Waals surface area contributed by atoms with Crippen LogP contribution in [0.3, 0.4) is 0 Å². The molecule has 1 aromatic heterocycles. The van der Waals surface area contributed by atoms with Gasteiger partial charge in [0.05, 0.1) is 21.4 Å². The number of nitrogens with zero attached hydrogens (tertiary/aromatic N) is 2. The van der Waals surface area contributed by atoms with Gasteiger partial charge in [0.25, 0.3) is 5.56 Å². The van der Waals surface area contributed by atoms with Crippen LogP contribution >= 0.6 is 23.2 Å². The molecule has 5 heteroatoms. The Labute approximate surface area is 137 Å². The molecule has 3 nitrogen and oxygen atoms in total. The summed E-state index contributed by atoms with van der Waals surface area (Å²) >= 11 is 12.4. The fourth-order valence-electron chi connectivity index (χ4n) is 2.33. The summed E-state index contributed by atoms with van der Waals surface area (Å²) < 4.78 is 1.43. The summed E-state index contributed by atoms with van der Waals surface area (Å²) in [6.45, 7) is 1.76. The molecule has 22 heavy (non-hydrogen) atoms. The Bertz CT molecular complexity index is 869. The smallest absolute Gasteiger partial charge is 0.258 e. The molecule has 3 rings (SSSR count). The predicted octanol–water partition coefficient (Wildman–Crippen LogP) is 4.51. The van der Waals surface area contributed by atoms with Crippen LogP contribution in [0, 0.1) is 6.92 Å². The molecule has 0 spiro atoms. The summed E-state index contributed by atoms with van der Waals surface area (Å²) in [5.41, 5.74) is 1.75. The van der Waals surface area contributed by atoms with Gasteiger partial charge in [0.1, 0.15) is 5.82 Å². The van der Waals surface area contributed by atoms with E-state index in [0.29, 0.717) is 27.3 Å². The molecule has 0 radical (unpaired) electrons. The van der Waals surface area contributed by atoms with Gasteiger partial charge in [-0.1, -0.05) is 59.6 Å². The van der Waals surface area contributed by atoms with E-state index in [1.807, 2.05) is 30.3 Å². The number of aromatic nitrogens is 2. The van der Waals surface area contributed by atoms with E-state index in [9.17, 15) is 4.79 Å². The molecule has 110 valence electrons. The van der Waals surface area contributed by atoms with Crippen LogP contribution in [0.5, 0.6) is 0 Å². The molecular formula is C17H12Cl2N2O. The first-order chi connectivity index (χ1) is 10.6. The fraction of sp³-hybridized carbons (Fsp3) is 0.0588. The number of aryl methyl sites for hydroxylation is 1. The third-order valence-corrected chi connectivity index (χ3v) is 3.93. The normalized spacial score (nSPS) is 10.7. The van der Waals surface area contributed by atoms with Crippen LogP contribution in [0.2, 0.25) is 10.0 Å². The summed E-state index contributed by atoms with van der Waals surface area (Å²) in [4.78, 5) is 17.1. The van der Waals surface area contributed by atoms with Gasteiger partial charge in [0.15, 0.2) is 0 Å². The summed E-state index contributed by atoms with van der Waals surface area (Å²) in [7, 11) is 0. The molecule has 0 bridgehead atoms. The van der Waals surface area contributed by atoms with Crippen LogP contribution in [0.4, 0.5) is 0 Å². The van der Waals surface area contributed by atoms with Gasteiger partial charge in [0.2, 0.25) is 0 Å². The molecule has 0 saturated heterocycles. The van der Waals surface area contributed by atoms with Crippen LogP contribution in [0.15, 0.2) is 59.4 Å². The van der Waals surface area contributed by atoms with Crippen molar-refractivity contribution < 1.29 is 0 Å². The lowest BCUT2D eigenvalue weighted by atomic mass is 10.1. The van der Waals surface area contributed by atoms with Crippen molar-refractivity contribution in [1.82, 2.24) is 9.55 Å². The van der Waals surface area contributed by atoms with Crippen molar-refractivity contribution in [3.63, 3.8) is 0 Å². The van der Waals surface area contributed by atoms with Crippen LogP contribution in [0.1, 0.15) is 5.82 Å². The molecule has 0 unspecified atom stereocenters. The van der Waals surface area contributed by atoms with Crippen LogP contribution in [-0.2, 0) is 0 Å². The van der Waals surface area contributed by atoms with Crippen molar-refractivity contribution in [1.29, 1.82) is 0 Å². The zero-order chi connectivity index (χ0) is 15.7. The van der Waals surface area contributed by atoms with E-state index < -0.39 is 0 Å². The quantitative estimate of drug-likeness (QED) is 0.692. The second kappa shape index (κ2) is 5.95. The number of para-hydroxylation sites is 1. The number of hydrogen-bond acceptors (Lipinski definition) is 2. The molecule has 1 heterocycles. The van der Waals surface area contributed by atoms with Crippen molar-refractivity contribution in [3.05, 3.63) is 80.8 Å². The summed E-state index contributed by atoms with van der Waals surface area (Å²) in [6.07, 6.45) is 0. The highest BCUT2D eigenvalue weighted by atomic mass is 35.5. The topological polar surface area (TPSA) is 34.9 Å². The monoisotopic (exact) mass is 330 g/mol. The SMILES string of the molecule is Cc1nc(-c2ccccc2)cc(=O)n1-c1c(Cl)cccc1Cl. The van der Waals surface area contributed by atoms with E-state index in [-0.39, 0.29) is 5.56 Å². The van der Waals surface area contributed by atoms with Gasteiger partial charge in [-0.15, -0.1) is 0 Å². The molecule has 0 N–H and O–H groups in total. The second-order valence-electron chi connectivity index (χ2n) is 4.80. The Morgan fingerprint density at radius 1 is 0.955 bits per heavy atom. The van der Waals surface area contributed by atoms with Gasteiger partial charge in [0, 0.05) is 11.6 Å². The van der Waals surface area contributed by atoms with Crippen molar-refractivity contribution in [3.8, 4) is 16.9 Å². The van der Waals surface area contributed by atoms with Crippen molar-refractivity contribution in [2.24, 2.45) is 0 Å². The summed E-state index contributed by atoms with van der Waals surface area (Å²) in [5, 5.41) is 0.818. The average Bonchev–Trinajstić information content (AvgIpc) is 2.50. The van der Waals surface area contributed by atoms with E-state index in [0.717, 1.165) is 5.56 Å². The van der Waals surface area contributed by atoms with E-state index in [1.54, 1.807) is 25.1 Å².